The van der Waals surface area contributed by atoms with Gasteiger partial charge in [0.05, 0.1) is 4.90 Å². The van der Waals surface area contributed by atoms with Crippen molar-refractivity contribution in [3.63, 3.8) is 0 Å². The molecule has 35 heavy (non-hydrogen) atoms. The van der Waals surface area contributed by atoms with Crippen molar-refractivity contribution in [2.45, 2.75) is 87.3 Å². The Morgan fingerprint density at radius 1 is 0.743 bits per heavy atom. The summed E-state index contributed by atoms with van der Waals surface area (Å²) in [5.74, 6) is -0.444. The number of aryl methyl sites for hydroxylation is 1. The molecule has 0 unspecified atom stereocenters. The Hall–Kier alpha value is 0.0600. The van der Waals surface area contributed by atoms with Gasteiger partial charge in [-0.1, -0.05) is 89.0 Å². The van der Waals surface area contributed by atoms with Crippen LogP contribution >= 0.6 is 0 Å². The smallest absolute Gasteiger partial charge is 0.744 e. The molecule has 0 aliphatic rings. The SMILES string of the molecule is CCCCCCCCCCCCc1cccc(S(=O)(=O)[O-])c1Oc1ccccc1S(=O)(=O)O.[Na+].[Na+]. The Kier molecular flexibility index (Phi) is 17.6. The molecule has 0 spiro atoms. The van der Waals surface area contributed by atoms with Crippen LogP contribution in [0.25, 0.3) is 0 Å². The van der Waals surface area contributed by atoms with E-state index in [0.29, 0.717) is 12.0 Å². The first-order valence-electron chi connectivity index (χ1n) is 11.5. The summed E-state index contributed by atoms with van der Waals surface area (Å²) >= 11 is 0. The van der Waals surface area contributed by atoms with E-state index < -0.39 is 30.0 Å². The van der Waals surface area contributed by atoms with Crippen molar-refractivity contribution in [3.05, 3.63) is 48.0 Å². The molecule has 0 bridgehead atoms. The van der Waals surface area contributed by atoms with Crippen LogP contribution in [0.4, 0.5) is 0 Å². The minimum absolute atomic E-state index is 0. The maximum atomic E-state index is 11.8. The number of para-hydroxylation sites is 2. The zero-order valence-electron chi connectivity index (χ0n) is 21.0. The Morgan fingerprint density at radius 3 is 1.80 bits per heavy atom. The second-order valence-corrected chi connectivity index (χ2v) is 10.9. The molecule has 0 heterocycles. The zero-order valence-corrected chi connectivity index (χ0v) is 26.7. The predicted molar refractivity (Wildman–Crippen MR) is 126 cm³/mol. The number of hydrogen-bond donors (Lipinski definition) is 1. The molecular weight excluding hydrogens is 510 g/mol. The summed E-state index contributed by atoms with van der Waals surface area (Å²) in [6.45, 7) is 2.20. The average molecular weight is 544 g/mol. The Labute approximate surface area is 254 Å². The van der Waals surface area contributed by atoms with Crippen molar-refractivity contribution in [3.8, 4) is 11.5 Å². The average Bonchev–Trinajstić information content (AvgIpc) is 2.75. The van der Waals surface area contributed by atoms with Crippen LogP contribution in [0.5, 0.6) is 11.5 Å². The minimum Gasteiger partial charge on any atom is -0.744 e. The molecule has 2 aromatic carbocycles. The van der Waals surface area contributed by atoms with E-state index in [9.17, 15) is 25.9 Å². The van der Waals surface area contributed by atoms with Crippen LogP contribution < -0.4 is 63.9 Å². The summed E-state index contributed by atoms with van der Waals surface area (Å²) in [5, 5.41) is 0. The Balaban J connectivity index is 0.00000578. The quantitative estimate of drug-likeness (QED) is 0.192. The molecule has 0 aliphatic carbocycles. The molecule has 0 atom stereocenters. The van der Waals surface area contributed by atoms with Gasteiger partial charge in [0.15, 0.2) is 0 Å². The van der Waals surface area contributed by atoms with Gasteiger partial charge >= 0.3 is 59.1 Å². The molecular formula is C24H33Na2O7S2+. The Bertz CT molecular complexity index is 1100. The minimum atomic E-state index is -4.86. The van der Waals surface area contributed by atoms with Crippen LogP contribution in [-0.2, 0) is 26.7 Å². The summed E-state index contributed by atoms with van der Waals surface area (Å²) in [5.41, 5.74) is 0.497. The number of benzene rings is 2. The van der Waals surface area contributed by atoms with Crippen molar-refractivity contribution in [1.82, 2.24) is 0 Å². The first-order chi connectivity index (χ1) is 15.6. The maximum Gasteiger partial charge on any atom is 1.00 e. The first kappa shape index (κ1) is 35.1. The van der Waals surface area contributed by atoms with Crippen molar-refractivity contribution in [1.29, 1.82) is 0 Å². The maximum absolute atomic E-state index is 11.8. The van der Waals surface area contributed by atoms with E-state index in [-0.39, 0.29) is 70.6 Å². The summed E-state index contributed by atoms with van der Waals surface area (Å²) in [7, 11) is -9.47. The molecule has 7 nitrogen and oxygen atoms in total. The zero-order chi connectivity index (χ0) is 24.3. The molecule has 0 aliphatic heterocycles. The molecule has 0 saturated carbocycles. The monoisotopic (exact) mass is 543 g/mol. The third-order valence-electron chi connectivity index (χ3n) is 5.47. The van der Waals surface area contributed by atoms with Crippen molar-refractivity contribution in [2.24, 2.45) is 0 Å². The second-order valence-electron chi connectivity index (χ2n) is 8.15. The molecule has 0 fully saturated rings. The van der Waals surface area contributed by atoms with Gasteiger partial charge in [0.25, 0.3) is 10.1 Å². The molecule has 0 amide bonds. The van der Waals surface area contributed by atoms with Crippen LogP contribution in [0, 0.1) is 0 Å². The van der Waals surface area contributed by atoms with E-state index in [4.69, 9.17) is 4.74 Å². The third-order valence-corrected chi connectivity index (χ3v) is 7.22. The standard InChI is InChI=1S/C24H34O7S2.2Na/c1-2-3-4-5-6-7-8-9-10-11-15-20-16-14-19-23(33(28,29)30)24(20)31-21-17-12-13-18-22(21)32(25,26)27;;/h12-14,16-19H,2-11,15H2,1H3,(H,25,26,27)(H,28,29,30);;/q;2*+1/p-1. The van der Waals surface area contributed by atoms with Crippen molar-refractivity contribution < 1.29 is 89.8 Å². The van der Waals surface area contributed by atoms with Gasteiger partial charge in [0, 0.05) is 0 Å². The van der Waals surface area contributed by atoms with Gasteiger partial charge in [-0.25, -0.2) is 8.42 Å². The van der Waals surface area contributed by atoms with E-state index >= 15 is 0 Å². The normalized spacial score (nSPS) is 11.4. The fraction of sp³-hybridized carbons (Fsp3) is 0.500. The first-order valence-corrected chi connectivity index (χ1v) is 14.3. The van der Waals surface area contributed by atoms with Crippen molar-refractivity contribution in [2.75, 3.05) is 0 Å². The van der Waals surface area contributed by atoms with E-state index in [1.807, 2.05) is 0 Å². The molecule has 11 heteroatoms. The van der Waals surface area contributed by atoms with Crippen LogP contribution in [0.3, 0.4) is 0 Å². The Morgan fingerprint density at radius 2 is 1.26 bits per heavy atom. The second kappa shape index (κ2) is 17.5. The van der Waals surface area contributed by atoms with Gasteiger partial charge in [-0.3, -0.25) is 4.55 Å². The number of rotatable bonds is 15. The summed E-state index contributed by atoms with van der Waals surface area (Å²) < 4.78 is 73.9. The van der Waals surface area contributed by atoms with E-state index in [1.165, 1.54) is 62.8 Å². The topological polar surface area (TPSA) is 121 Å². The molecule has 0 aromatic heterocycles. The van der Waals surface area contributed by atoms with Gasteiger partial charge in [-0.05, 0) is 36.6 Å². The number of ether oxygens (including phenoxy) is 1. The van der Waals surface area contributed by atoms with Crippen LogP contribution in [0.2, 0.25) is 0 Å². The largest absolute Gasteiger partial charge is 1.00 e. The van der Waals surface area contributed by atoms with Gasteiger partial charge in [-0.15, -0.1) is 0 Å². The summed E-state index contributed by atoms with van der Waals surface area (Å²) in [6.07, 6.45) is 11.9. The fourth-order valence-electron chi connectivity index (χ4n) is 3.73. The summed E-state index contributed by atoms with van der Waals surface area (Å²) in [4.78, 5) is -1.06. The summed E-state index contributed by atoms with van der Waals surface area (Å²) in [6, 6.07) is 9.58. The predicted octanol–water partition coefficient (Wildman–Crippen LogP) is 0.101. The third kappa shape index (κ3) is 12.4. The molecule has 184 valence electrons. The van der Waals surface area contributed by atoms with Crippen molar-refractivity contribution >= 4 is 20.2 Å². The molecule has 2 rings (SSSR count). The molecule has 0 saturated heterocycles. The van der Waals surface area contributed by atoms with E-state index in [0.717, 1.165) is 37.8 Å². The molecule has 2 aromatic rings. The van der Waals surface area contributed by atoms with E-state index in [2.05, 4.69) is 6.92 Å². The van der Waals surface area contributed by atoms with Crippen LogP contribution in [0.1, 0.15) is 76.7 Å². The van der Waals surface area contributed by atoms with Gasteiger partial charge in [0.2, 0.25) is 0 Å². The number of hydrogen-bond acceptors (Lipinski definition) is 6. The van der Waals surface area contributed by atoms with E-state index in [1.54, 1.807) is 6.07 Å². The van der Waals surface area contributed by atoms with Gasteiger partial charge in [0.1, 0.15) is 26.5 Å². The number of unbranched alkanes of at least 4 members (excludes halogenated alkanes) is 9. The molecule has 1 N–H and O–H groups in total. The fourth-order valence-corrected chi connectivity index (χ4v) is 4.99. The van der Waals surface area contributed by atoms with Crippen LogP contribution in [-0.4, -0.2) is 25.9 Å². The molecule has 0 radical (unpaired) electrons. The van der Waals surface area contributed by atoms with Gasteiger partial charge < -0.3 is 9.29 Å². The van der Waals surface area contributed by atoms with Gasteiger partial charge in [-0.2, -0.15) is 8.42 Å². The van der Waals surface area contributed by atoms with Crippen LogP contribution in [0.15, 0.2) is 52.3 Å².